The van der Waals surface area contributed by atoms with Crippen LogP contribution in [-0.4, -0.2) is 11.9 Å². The highest BCUT2D eigenvalue weighted by Gasteiger charge is 2.24. The molecule has 1 aliphatic rings. The van der Waals surface area contributed by atoms with Crippen molar-refractivity contribution in [3.63, 3.8) is 0 Å². The van der Waals surface area contributed by atoms with E-state index >= 15 is 0 Å². The predicted molar refractivity (Wildman–Crippen MR) is 59.5 cm³/mol. The summed E-state index contributed by atoms with van der Waals surface area (Å²) in [5.41, 5.74) is 4.87. The summed E-state index contributed by atoms with van der Waals surface area (Å²) >= 11 is 0. The lowest BCUT2D eigenvalue weighted by atomic mass is 10.1. The normalized spacial score (nSPS) is 14.8. The molecule has 0 atom stereocenters. The highest BCUT2D eigenvalue weighted by molar-refractivity contribution is 6.00. The van der Waals surface area contributed by atoms with Crippen molar-refractivity contribution in [2.75, 3.05) is 5.43 Å². The van der Waals surface area contributed by atoms with Gasteiger partial charge in [0.2, 0.25) is 0 Å². The third-order valence-electron chi connectivity index (χ3n) is 2.49. The number of hydrogen-bond donors (Lipinski definition) is 3. The first-order valence-electron chi connectivity index (χ1n) is 5.09. The van der Waals surface area contributed by atoms with Crippen molar-refractivity contribution in [2.24, 2.45) is 5.84 Å². The van der Waals surface area contributed by atoms with E-state index in [4.69, 9.17) is 5.84 Å². The average Bonchev–Trinajstić information content (AvgIpc) is 3.01. The second-order valence-electron chi connectivity index (χ2n) is 3.94. The highest BCUT2D eigenvalue weighted by atomic mass is 16.1. The number of nitrogen functional groups attached to an aromatic ring is 1. The molecule has 4 N–H and O–H groups in total. The molecular formula is C11H15N3O. The summed E-state index contributed by atoms with van der Waals surface area (Å²) in [5, 5.41) is 2.94. The lowest BCUT2D eigenvalue weighted by Gasteiger charge is -2.09. The number of nitrogens with one attached hydrogen (secondary N) is 2. The maximum atomic E-state index is 11.8. The minimum atomic E-state index is -0.0471. The number of amides is 1. The topological polar surface area (TPSA) is 67.1 Å². The van der Waals surface area contributed by atoms with Crippen molar-refractivity contribution < 1.29 is 4.79 Å². The molecule has 80 valence electrons. The summed E-state index contributed by atoms with van der Waals surface area (Å²) < 4.78 is 0. The molecule has 0 unspecified atom stereocenters. The fraction of sp³-hybridized carbons (Fsp3) is 0.364. The Bertz CT molecular complexity index is 385. The quantitative estimate of drug-likeness (QED) is 0.512. The van der Waals surface area contributed by atoms with Gasteiger partial charge in [-0.1, -0.05) is 11.6 Å². The largest absolute Gasteiger partial charge is 0.349 e. The fourth-order valence-electron chi connectivity index (χ4n) is 1.46. The smallest absolute Gasteiger partial charge is 0.253 e. The van der Waals surface area contributed by atoms with Gasteiger partial charge in [-0.25, -0.2) is 0 Å². The summed E-state index contributed by atoms with van der Waals surface area (Å²) in [6.07, 6.45) is 2.17. The number of nitrogens with two attached hydrogens (primary N) is 1. The van der Waals surface area contributed by atoms with E-state index in [0.29, 0.717) is 17.3 Å². The van der Waals surface area contributed by atoms with E-state index in [0.717, 1.165) is 18.4 Å². The number of benzene rings is 1. The Labute approximate surface area is 88.8 Å². The van der Waals surface area contributed by atoms with E-state index < -0.39 is 0 Å². The van der Waals surface area contributed by atoms with Crippen LogP contribution in [0.2, 0.25) is 0 Å². The average molecular weight is 205 g/mol. The Morgan fingerprint density at radius 1 is 1.47 bits per heavy atom. The highest BCUT2D eigenvalue weighted by Crippen LogP contribution is 2.21. The lowest BCUT2D eigenvalue weighted by Crippen LogP contribution is -2.27. The van der Waals surface area contributed by atoms with Gasteiger partial charge in [-0.2, -0.15) is 0 Å². The molecule has 1 aromatic rings. The van der Waals surface area contributed by atoms with Gasteiger partial charge >= 0.3 is 0 Å². The van der Waals surface area contributed by atoms with Gasteiger partial charge in [0.1, 0.15) is 0 Å². The van der Waals surface area contributed by atoms with Crippen molar-refractivity contribution in [2.45, 2.75) is 25.8 Å². The number of carbonyl (C=O) groups excluding carboxylic acids is 1. The van der Waals surface area contributed by atoms with Gasteiger partial charge < -0.3 is 10.7 Å². The molecule has 1 fully saturated rings. The van der Waals surface area contributed by atoms with Crippen LogP contribution < -0.4 is 16.6 Å². The second kappa shape index (κ2) is 3.90. The molecule has 0 radical (unpaired) electrons. The van der Waals surface area contributed by atoms with Gasteiger partial charge in [0.25, 0.3) is 5.91 Å². The Kier molecular flexibility index (Phi) is 2.60. The Morgan fingerprint density at radius 2 is 2.20 bits per heavy atom. The van der Waals surface area contributed by atoms with Crippen LogP contribution in [0.15, 0.2) is 18.2 Å². The molecule has 0 spiro atoms. The van der Waals surface area contributed by atoms with Gasteiger partial charge in [-0.05, 0) is 31.9 Å². The van der Waals surface area contributed by atoms with Crippen LogP contribution >= 0.6 is 0 Å². The van der Waals surface area contributed by atoms with Crippen LogP contribution in [0.1, 0.15) is 28.8 Å². The molecular weight excluding hydrogens is 190 g/mol. The molecule has 1 aliphatic carbocycles. The maximum absolute atomic E-state index is 11.8. The Hall–Kier alpha value is -1.55. The first-order chi connectivity index (χ1) is 7.20. The molecule has 0 bridgehead atoms. The summed E-state index contributed by atoms with van der Waals surface area (Å²) in [7, 11) is 0. The molecule has 0 heterocycles. The zero-order chi connectivity index (χ0) is 10.8. The summed E-state index contributed by atoms with van der Waals surface area (Å²) in [4.78, 5) is 11.8. The number of anilines is 1. The molecule has 1 saturated carbocycles. The van der Waals surface area contributed by atoms with Crippen molar-refractivity contribution >= 4 is 11.6 Å². The number of hydrogen-bond acceptors (Lipinski definition) is 3. The van der Waals surface area contributed by atoms with E-state index in [-0.39, 0.29) is 5.91 Å². The van der Waals surface area contributed by atoms with E-state index in [1.165, 1.54) is 0 Å². The summed E-state index contributed by atoms with van der Waals surface area (Å²) in [6.45, 7) is 1.95. The van der Waals surface area contributed by atoms with E-state index in [9.17, 15) is 4.79 Å². The van der Waals surface area contributed by atoms with E-state index in [1.807, 2.05) is 25.1 Å². The first kappa shape index (κ1) is 9.98. The maximum Gasteiger partial charge on any atom is 0.253 e. The van der Waals surface area contributed by atoms with Crippen LogP contribution in [0.3, 0.4) is 0 Å². The standard InChI is InChI=1S/C11H15N3O/c1-7-2-5-10(14-12)9(6-7)11(15)13-8-3-4-8/h2,5-6,8,14H,3-4,12H2,1H3,(H,13,15). The number of hydrazine groups is 1. The van der Waals surface area contributed by atoms with Gasteiger partial charge in [0.15, 0.2) is 0 Å². The van der Waals surface area contributed by atoms with Crippen LogP contribution in [0.4, 0.5) is 5.69 Å². The van der Waals surface area contributed by atoms with E-state index in [2.05, 4.69) is 10.7 Å². The minimum absolute atomic E-state index is 0.0471. The molecule has 4 heteroatoms. The van der Waals surface area contributed by atoms with Gasteiger partial charge in [0.05, 0.1) is 11.3 Å². The van der Waals surface area contributed by atoms with Gasteiger partial charge in [-0.3, -0.25) is 10.6 Å². The summed E-state index contributed by atoms with van der Waals surface area (Å²) in [6, 6.07) is 5.94. The number of aryl methyl sites for hydroxylation is 1. The zero-order valence-electron chi connectivity index (χ0n) is 8.71. The number of carbonyl (C=O) groups is 1. The molecule has 0 aromatic heterocycles. The van der Waals surface area contributed by atoms with Crippen LogP contribution in [0.25, 0.3) is 0 Å². The first-order valence-corrected chi connectivity index (χ1v) is 5.09. The van der Waals surface area contributed by atoms with Gasteiger partial charge in [0, 0.05) is 6.04 Å². The molecule has 0 aliphatic heterocycles. The predicted octanol–water partition coefficient (Wildman–Crippen LogP) is 1.17. The molecule has 4 nitrogen and oxygen atoms in total. The molecule has 2 rings (SSSR count). The van der Waals surface area contributed by atoms with Gasteiger partial charge in [-0.15, -0.1) is 0 Å². The lowest BCUT2D eigenvalue weighted by molar-refractivity contribution is 0.0952. The summed E-state index contributed by atoms with van der Waals surface area (Å²) in [5.74, 6) is 5.31. The van der Waals surface area contributed by atoms with Crippen molar-refractivity contribution in [1.82, 2.24) is 5.32 Å². The van der Waals surface area contributed by atoms with Crippen LogP contribution in [-0.2, 0) is 0 Å². The monoisotopic (exact) mass is 205 g/mol. The molecule has 1 amide bonds. The van der Waals surface area contributed by atoms with E-state index in [1.54, 1.807) is 0 Å². The van der Waals surface area contributed by atoms with Crippen molar-refractivity contribution in [1.29, 1.82) is 0 Å². The SMILES string of the molecule is Cc1ccc(NN)c(C(=O)NC2CC2)c1. The van der Waals surface area contributed by atoms with Crippen molar-refractivity contribution in [3.05, 3.63) is 29.3 Å². The Balaban J connectivity index is 2.23. The molecule has 1 aromatic carbocycles. The van der Waals surface area contributed by atoms with Crippen LogP contribution in [0, 0.1) is 6.92 Å². The molecule has 0 saturated heterocycles. The third kappa shape index (κ3) is 2.27. The molecule has 15 heavy (non-hydrogen) atoms. The third-order valence-corrected chi connectivity index (χ3v) is 2.49. The Morgan fingerprint density at radius 3 is 2.80 bits per heavy atom. The van der Waals surface area contributed by atoms with Crippen LogP contribution in [0.5, 0.6) is 0 Å². The number of rotatable bonds is 3. The fourth-order valence-corrected chi connectivity index (χ4v) is 1.46. The zero-order valence-corrected chi connectivity index (χ0v) is 8.71. The minimum Gasteiger partial charge on any atom is -0.349 e. The second-order valence-corrected chi connectivity index (χ2v) is 3.94. The van der Waals surface area contributed by atoms with Crippen molar-refractivity contribution in [3.8, 4) is 0 Å².